The maximum Gasteiger partial charge on any atom is 0.319 e. The lowest BCUT2D eigenvalue weighted by atomic mass is 9.89. The topological polar surface area (TPSA) is 23.6 Å². The minimum Gasteiger partial charge on any atom is -0.325 e. The zero-order valence-electron chi connectivity index (χ0n) is 12.3. The molecule has 0 saturated carbocycles. The zero-order valence-corrected chi connectivity index (χ0v) is 13.9. The Balaban J connectivity index is 1.64. The van der Waals surface area contributed by atoms with E-state index in [1.807, 2.05) is 9.80 Å². The van der Waals surface area contributed by atoms with Gasteiger partial charge >= 0.3 is 6.03 Å². The highest BCUT2D eigenvalue weighted by Gasteiger charge is 2.29. The van der Waals surface area contributed by atoms with Crippen LogP contribution in [-0.2, 0) is 0 Å². The van der Waals surface area contributed by atoms with Crippen LogP contribution in [0.15, 0.2) is 16.6 Å². The molecule has 2 fully saturated rings. The van der Waals surface area contributed by atoms with E-state index in [-0.39, 0.29) is 16.4 Å². The van der Waals surface area contributed by atoms with Crippen molar-refractivity contribution in [1.82, 2.24) is 9.80 Å². The number of carbonyl (C=O) groups excluding carboxylic acids is 1. The van der Waals surface area contributed by atoms with Crippen molar-refractivity contribution in [2.45, 2.75) is 31.6 Å². The number of hydrogen-bond donors (Lipinski definition) is 0. The number of benzene rings is 1. The van der Waals surface area contributed by atoms with Crippen LogP contribution in [0.2, 0.25) is 0 Å². The number of likely N-dealkylation sites (tertiary alicyclic amines) is 2. The Morgan fingerprint density at radius 3 is 2.23 bits per heavy atom. The SMILES string of the molecule is O=C(N1CCCC1)N1CCC(c2ccc(Br)c(F)c2F)CC1. The number of halogens is 3. The molecule has 0 atom stereocenters. The van der Waals surface area contributed by atoms with E-state index in [1.54, 1.807) is 12.1 Å². The largest absolute Gasteiger partial charge is 0.325 e. The summed E-state index contributed by atoms with van der Waals surface area (Å²) in [4.78, 5) is 16.1. The van der Waals surface area contributed by atoms with Gasteiger partial charge in [-0.1, -0.05) is 6.07 Å². The van der Waals surface area contributed by atoms with Crippen LogP contribution in [-0.4, -0.2) is 42.0 Å². The standard InChI is InChI=1S/C16H19BrF2N2O/c17-13-4-3-12(14(18)15(13)19)11-5-9-21(10-6-11)16(22)20-7-1-2-8-20/h3-4,11H,1-2,5-10H2. The van der Waals surface area contributed by atoms with Gasteiger partial charge in [0, 0.05) is 26.2 Å². The van der Waals surface area contributed by atoms with Crippen LogP contribution < -0.4 is 0 Å². The van der Waals surface area contributed by atoms with E-state index in [2.05, 4.69) is 15.9 Å². The molecule has 22 heavy (non-hydrogen) atoms. The van der Waals surface area contributed by atoms with Crippen LogP contribution in [0, 0.1) is 11.6 Å². The van der Waals surface area contributed by atoms with E-state index in [0.717, 1.165) is 25.9 Å². The van der Waals surface area contributed by atoms with Crippen LogP contribution in [0.3, 0.4) is 0 Å². The molecule has 6 heteroatoms. The molecule has 2 amide bonds. The van der Waals surface area contributed by atoms with Gasteiger partial charge in [0.1, 0.15) is 0 Å². The van der Waals surface area contributed by atoms with Gasteiger partial charge in [0.2, 0.25) is 0 Å². The summed E-state index contributed by atoms with van der Waals surface area (Å²) in [5.41, 5.74) is 0.425. The average Bonchev–Trinajstić information content (AvgIpc) is 3.07. The lowest BCUT2D eigenvalue weighted by molar-refractivity contribution is 0.148. The number of piperidine rings is 1. The highest BCUT2D eigenvalue weighted by molar-refractivity contribution is 9.10. The van der Waals surface area contributed by atoms with Gasteiger partial charge in [-0.05, 0) is 59.2 Å². The van der Waals surface area contributed by atoms with Crippen LogP contribution >= 0.6 is 15.9 Å². The second kappa shape index (κ2) is 6.52. The van der Waals surface area contributed by atoms with Crippen molar-refractivity contribution in [1.29, 1.82) is 0 Å². The molecule has 0 radical (unpaired) electrons. The molecule has 0 N–H and O–H groups in total. The molecule has 2 aliphatic rings. The lowest BCUT2D eigenvalue weighted by Gasteiger charge is -2.34. The number of carbonyl (C=O) groups is 1. The number of urea groups is 1. The van der Waals surface area contributed by atoms with E-state index >= 15 is 0 Å². The molecule has 0 aromatic heterocycles. The third kappa shape index (κ3) is 2.98. The second-order valence-electron chi connectivity index (χ2n) is 6.00. The molecule has 0 spiro atoms. The summed E-state index contributed by atoms with van der Waals surface area (Å²) in [5, 5.41) is 0. The van der Waals surface area contributed by atoms with Gasteiger partial charge in [0.15, 0.2) is 11.6 Å². The number of rotatable bonds is 1. The van der Waals surface area contributed by atoms with E-state index < -0.39 is 11.6 Å². The minimum atomic E-state index is -0.826. The van der Waals surface area contributed by atoms with Gasteiger partial charge in [-0.3, -0.25) is 0 Å². The van der Waals surface area contributed by atoms with Gasteiger partial charge in [-0.2, -0.15) is 0 Å². The van der Waals surface area contributed by atoms with Gasteiger partial charge in [-0.15, -0.1) is 0 Å². The summed E-state index contributed by atoms with van der Waals surface area (Å²) >= 11 is 3.00. The van der Waals surface area contributed by atoms with Gasteiger partial charge < -0.3 is 9.80 Å². The molecular formula is C16H19BrF2N2O. The van der Waals surface area contributed by atoms with Crippen molar-refractivity contribution >= 4 is 22.0 Å². The van der Waals surface area contributed by atoms with Gasteiger partial charge in [-0.25, -0.2) is 13.6 Å². The third-order valence-corrected chi connectivity index (χ3v) is 5.26. The van der Waals surface area contributed by atoms with Crippen LogP contribution in [0.5, 0.6) is 0 Å². The average molecular weight is 373 g/mol. The summed E-state index contributed by atoms with van der Waals surface area (Å²) in [7, 11) is 0. The molecule has 0 unspecified atom stereocenters. The summed E-state index contributed by atoms with van der Waals surface area (Å²) in [6.45, 7) is 2.89. The van der Waals surface area contributed by atoms with E-state index in [1.165, 1.54) is 0 Å². The molecule has 120 valence electrons. The molecular weight excluding hydrogens is 354 g/mol. The molecule has 0 aliphatic carbocycles. The van der Waals surface area contributed by atoms with E-state index in [0.29, 0.717) is 31.5 Å². The Kier molecular flexibility index (Phi) is 4.66. The fourth-order valence-electron chi connectivity index (χ4n) is 3.35. The van der Waals surface area contributed by atoms with Crippen molar-refractivity contribution in [2.75, 3.05) is 26.2 Å². The van der Waals surface area contributed by atoms with E-state index in [9.17, 15) is 13.6 Å². The van der Waals surface area contributed by atoms with Crippen LogP contribution in [0.1, 0.15) is 37.2 Å². The predicted molar refractivity (Wildman–Crippen MR) is 83.8 cm³/mol. The Hall–Kier alpha value is -1.17. The van der Waals surface area contributed by atoms with Crippen molar-refractivity contribution in [3.63, 3.8) is 0 Å². The normalized spacial score (nSPS) is 19.8. The molecule has 2 heterocycles. The molecule has 3 nitrogen and oxygen atoms in total. The summed E-state index contributed by atoms with van der Waals surface area (Å²) in [6.07, 6.45) is 3.51. The van der Waals surface area contributed by atoms with Crippen molar-refractivity contribution < 1.29 is 13.6 Å². The first-order valence-electron chi connectivity index (χ1n) is 7.75. The highest BCUT2D eigenvalue weighted by atomic mass is 79.9. The first-order valence-corrected chi connectivity index (χ1v) is 8.54. The van der Waals surface area contributed by atoms with Crippen LogP contribution in [0.4, 0.5) is 13.6 Å². The van der Waals surface area contributed by atoms with E-state index in [4.69, 9.17) is 0 Å². The number of hydrogen-bond acceptors (Lipinski definition) is 1. The zero-order chi connectivity index (χ0) is 15.7. The molecule has 1 aromatic rings. The van der Waals surface area contributed by atoms with Crippen LogP contribution in [0.25, 0.3) is 0 Å². The molecule has 3 rings (SSSR count). The summed E-state index contributed by atoms with van der Waals surface area (Å²) in [6, 6.07) is 3.29. The fourth-order valence-corrected chi connectivity index (χ4v) is 3.65. The molecule has 1 aromatic carbocycles. The number of nitrogens with zero attached hydrogens (tertiary/aromatic N) is 2. The smallest absolute Gasteiger partial charge is 0.319 e. The molecule has 0 bridgehead atoms. The maximum absolute atomic E-state index is 14.1. The van der Waals surface area contributed by atoms with Crippen molar-refractivity contribution in [3.8, 4) is 0 Å². The third-order valence-electron chi connectivity index (χ3n) is 4.65. The van der Waals surface area contributed by atoms with Gasteiger partial charge in [0.25, 0.3) is 0 Å². The van der Waals surface area contributed by atoms with Crippen molar-refractivity contribution in [2.24, 2.45) is 0 Å². The molecule has 2 saturated heterocycles. The fraction of sp³-hybridized carbons (Fsp3) is 0.562. The Morgan fingerprint density at radius 1 is 1.00 bits per heavy atom. The maximum atomic E-state index is 14.1. The summed E-state index contributed by atoms with van der Waals surface area (Å²) < 4.78 is 27.9. The van der Waals surface area contributed by atoms with Gasteiger partial charge in [0.05, 0.1) is 4.47 Å². The first-order chi connectivity index (χ1) is 10.6. The lowest BCUT2D eigenvalue weighted by Crippen LogP contribution is -2.45. The highest BCUT2D eigenvalue weighted by Crippen LogP contribution is 2.33. The monoisotopic (exact) mass is 372 g/mol. The Labute approximate surface area is 137 Å². The second-order valence-corrected chi connectivity index (χ2v) is 6.86. The Bertz CT molecular complexity index is 568. The quantitative estimate of drug-likeness (QED) is 0.680. The van der Waals surface area contributed by atoms with Crippen molar-refractivity contribution in [3.05, 3.63) is 33.8 Å². The molecule has 2 aliphatic heterocycles. The first kappa shape index (κ1) is 15.7. The minimum absolute atomic E-state index is 0.0229. The predicted octanol–water partition coefficient (Wildman–Crippen LogP) is 4.12. The number of amides is 2. The summed E-state index contributed by atoms with van der Waals surface area (Å²) in [5.74, 6) is -1.61. The Morgan fingerprint density at radius 2 is 1.59 bits per heavy atom.